The largest absolute Gasteiger partial charge is 0.411 e. The summed E-state index contributed by atoms with van der Waals surface area (Å²) in [7, 11) is 0. The molecule has 0 heterocycles. The Labute approximate surface area is 91.6 Å². The number of nitrogens with zero attached hydrogens (tertiary/aromatic N) is 1. The summed E-state index contributed by atoms with van der Waals surface area (Å²) in [6, 6.07) is 9.86. The van der Waals surface area contributed by atoms with E-state index in [1.54, 1.807) is 0 Å². The summed E-state index contributed by atoms with van der Waals surface area (Å²) in [5.41, 5.74) is 1.82. The summed E-state index contributed by atoms with van der Waals surface area (Å²) in [6.45, 7) is 2.19. The second kappa shape index (κ2) is 7.04. The molecule has 0 bridgehead atoms. The summed E-state index contributed by atoms with van der Waals surface area (Å²) in [5, 5.41) is 12.3. The standard InChI is InChI=1S/C13H19NO/c1-2-3-4-8-11-13(14-15)12-9-6-5-7-10-12/h5-7,9-10,15H,2-4,8,11H2,1H3. The summed E-state index contributed by atoms with van der Waals surface area (Å²) in [5.74, 6) is 0. The topological polar surface area (TPSA) is 32.6 Å². The Kier molecular flexibility index (Phi) is 5.52. The first-order valence-electron chi connectivity index (χ1n) is 5.64. The minimum atomic E-state index is 0.798. The van der Waals surface area contributed by atoms with Gasteiger partial charge in [-0.25, -0.2) is 0 Å². The molecular weight excluding hydrogens is 186 g/mol. The third kappa shape index (κ3) is 4.15. The Morgan fingerprint density at radius 3 is 2.47 bits per heavy atom. The highest BCUT2D eigenvalue weighted by atomic mass is 16.4. The second-order valence-corrected chi connectivity index (χ2v) is 3.72. The van der Waals surface area contributed by atoms with Crippen LogP contribution in [-0.2, 0) is 0 Å². The number of hydrogen-bond donors (Lipinski definition) is 1. The molecule has 0 saturated heterocycles. The van der Waals surface area contributed by atoms with Crippen molar-refractivity contribution in [3.05, 3.63) is 35.9 Å². The van der Waals surface area contributed by atoms with E-state index in [0.717, 1.165) is 24.1 Å². The van der Waals surface area contributed by atoms with Crippen LogP contribution in [0.1, 0.15) is 44.6 Å². The minimum Gasteiger partial charge on any atom is -0.411 e. The molecule has 2 heteroatoms. The van der Waals surface area contributed by atoms with Crippen molar-refractivity contribution in [3.8, 4) is 0 Å². The lowest BCUT2D eigenvalue weighted by Gasteiger charge is -2.03. The van der Waals surface area contributed by atoms with Gasteiger partial charge in [0.05, 0.1) is 5.71 Å². The lowest BCUT2D eigenvalue weighted by molar-refractivity contribution is 0.317. The highest BCUT2D eigenvalue weighted by molar-refractivity contribution is 6.00. The molecule has 0 atom stereocenters. The van der Waals surface area contributed by atoms with Crippen LogP contribution in [0.4, 0.5) is 0 Å². The molecule has 0 fully saturated rings. The molecule has 0 spiro atoms. The van der Waals surface area contributed by atoms with Crippen molar-refractivity contribution in [2.24, 2.45) is 5.16 Å². The monoisotopic (exact) mass is 205 g/mol. The van der Waals surface area contributed by atoms with Gasteiger partial charge in [0.1, 0.15) is 0 Å². The smallest absolute Gasteiger partial charge is 0.0867 e. The highest BCUT2D eigenvalue weighted by Gasteiger charge is 2.02. The fourth-order valence-electron chi connectivity index (χ4n) is 1.60. The molecule has 0 aliphatic heterocycles. The maximum absolute atomic E-state index is 8.92. The van der Waals surface area contributed by atoms with Crippen LogP contribution in [0.3, 0.4) is 0 Å². The molecule has 0 aliphatic rings. The summed E-state index contributed by atoms with van der Waals surface area (Å²) in [4.78, 5) is 0. The molecule has 0 saturated carbocycles. The van der Waals surface area contributed by atoms with E-state index < -0.39 is 0 Å². The SMILES string of the molecule is CCCCCCC(=NO)c1ccccc1. The Balaban J connectivity index is 2.44. The van der Waals surface area contributed by atoms with Crippen LogP contribution in [0.2, 0.25) is 0 Å². The van der Waals surface area contributed by atoms with Gasteiger partial charge in [0.15, 0.2) is 0 Å². The van der Waals surface area contributed by atoms with Gasteiger partial charge in [0.25, 0.3) is 0 Å². The summed E-state index contributed by atoms with van der Waals surface area (Å²) < 4.78 is 0. The van der Waals surface area contributed by atoms with Crippen molar-refractivity contribution in [3.63, 3.8) is 0 Å². The van der Waals surface area contributed by atoms with Crippen molar-refractivity contribution < 1.29 is 5.21 Å². The molecule has 15 heavy (non-hydrogen) atoms. The second-order valence-electron chi connectivity index (χ2n) is 3.72. The number of hydrogen-bond acceptors (Lipinski definition) is 2. The lowest BCUT2D eigenvalue weighted by atomic mass is 10.0. The molecule has 1 N–H and O–H groups in total. The van der Waals surface area contributed by atoms with E-state index in [-0.39, 0.29) is 0 Å². The first kappa shape index (κ1) is 11.8. The Morgan fingerprint density at radius 1 is 1.13 bits per heavy atom. The van der Waals surface area contributed by atoms with Crippen molar-refractivity contribution >= 4 is 5.71 Å². The van der Waals surface area contributed by atoms with Crippen molar-refractivity contribution in [1.29, 1.82) is 0 Å². The molecule has 1 aromatic rings. The van der Waals surface area contributed by atoms with E-state index in [0.29, 0.717) is 0 Å². The van der Waals surface area contributed by atoms with E-state index in [1.807, 2.05) is 30.3 Å². The van der Waals surface area contributed by atoms with Crippen molar-refractivity contribution in [1.82, 2.24) is 0 Å². The Bertz CT molecular complexity index is 293. The predicted molar refractivity (Wildman–Crippen MR) is 63.5 cm³/mol. The Morgan fingerprint density at radius 2 is 1.87 bits per heavy atom. The van der Waals surface area contributed by atoms with Gasteiger partial charge in [-0.2, -0.15) is 0 Å². The average Bonchev–Trinajstić information content (AvgIpc) is 2.30. The summed E-state index contributed by atoms with van der Waals surface area (Å²) >= 11 is 0. The maximum Gasteiger partial charge on any atom is 0.0867 e. The van der Waals surface area contributed by atoms with Gasteiger partial charge >= 0.3 is 0 Å². The van der Waals surface area contributed by atoms with Gasteiger partial charge in [-0.15, -0.1) is 0 Å². The van der Waals surface area contributed by atoms with Crippen LogP contribution in [0.15, 0.2) is 35.5 Å². The molecule has 0 radical (unpaired) electrons. The van der Waals surface area contributed by atoms with Gasteiger partial charge < -0.3 is 5.21 Å². The first-order chi connectivity index (χ1) is 7.38. The fourth-order valence-corrected chi connectivity index (χ4v) is 1.60. The van der Waals surface area contributed by atoms with Gasteiger partial charge in [-0.05, 0) is 18.4 Å². The molecule has 2 nitrogen and oxygen atoms in total. The van der Waals surface area contributed by atoms with E-state index in [1.165, 1.54) is 19.3 Å². The zero-order chi connectivity index (χ0) is 10.9. The van der Waals surface area contributed by atoms with E-state index in [9.17, 15) is 0 Å². The molecule has 1 aromatic carbocycles. The zero-order valence-electron chi connectivity index (χ0n) is 9.32. The van der Waals surface area contributed by atoms with Crippen LogP contribution in [0.5, 0.6) is 0 Å². The number of unbranched alkanes of at least 4 members (excludes halogenated alkanes) is 3. The van der Waals surface area contributed by atoms with Crippen molar-refractivity contribution in [2.75, 3.05) is 0 Å². The lowest BCUT2D eigenvalue weighted by Crippen LogP contribution is -2.00. The number of oxime groups is 1. The zero-order valence-corrected chi connectivity index (χ0v) is 9.32. The predicted octanol–water partition coefficient (Wildman–Crippen LogP) is 3.84. The average molecular weight is 205 g/mol. The van der Waals surface area contributed by atoms with Crippen LogP contribution in [0.25, 0.3) is 0 Å². The normalized spacial score (nSPS) is 11.7. The summed E-state index contributed by atoms with van der Waals surface area (Å²) in [6.07, 6.45) is 5.66. The number of benzene rings is 1. The molecule has 0 amide bonds. The molecule has 1 rings (SSSR count). The first-order valence-corrected chi connectivity index (χ1v) is 5.64. The van der Waals surface area contributed by atoms with Crippen molar-refractivity contribution in [2.45, 2.75) is 39.0 Å². The third-order valence-electron chi connectivity index (χ3n) is 2.49. The van der Waals surface area contributed by atoms with Gasteiger partial charge in [-0.3, -0.25) is 0 Å². The highest BCUT2D eigenvalue weighted by Crippen LogP contribution is 2.09. The van der Waals surface area contributed by atoms with E-state index >= 15 is 0 Å². The molecular formula is C13H19NO. The Hall–Kier alpha value is -1.31. The quantitative estimate of drug-likeness (QED) is 0.325. The van der Waals surface area contributed by atoms with Gasteiger partial charge in [-0.1, -0.05) is 61.7 Å². The number of rotatable bonds is 6. The minimum absolute atomic E-state index is 0.798. The van der Waals surface area contributed by atoms with Gasteiger partial charge in [0.2, 0.25) is 0 Å². The van der Waals surface area contributed by atoms with Gasteiger partial charge in [0, 0.05) is 0 Å². The fraction of sp³-hybridized carbons (Fsp3) is 0.462. The third-order valence-corrected chi connectivity index (χ3v) is 2.49. The van der Waals surface area contributed by atoms with Crippen LogP contribution < -0.4 is 0 Å². The van der Waals surface area contributed by atoms with Crippen LogP contribution in [-0.4, -0.2) is 10.9 Å². The van der Waals surface area contributed by atoms with E-state index in [4.69, 9.17) is 5.21 Å². The van der Waals surface area contributed by atoms with Crippen LogP contribution in [0, 0.1) is 0 Å². The molecule has 0 aliphatic carbocycles. The van der Waals surface area contributed by atoms with Crippen LogP contribution >= 0.6 is 0 Å². The molecule has 82 valence electrons. The molecule has 0 aromatic heterocycles. The van der Waals surface area contributed by atoms with E-state index in [2.05, 4.69) is 12.1 Å². The maximum atomic E-state index is 8.92. The molecule has 0 unspecified atom stereocenters.